The number of hydrogen-bond donors (Lipinski definition) is 2. The molecule has 0 saturated carbocycles. The van der Waals surface area contributed by atoms with Gasteiger partial charge >= 0.3 is 0 Å². The number of nitrogens with one attached hydrogen (secondary N) is 1. The third-order valence-electron chi connectivity index (χ3n) is 3.17. The Morgan fingerprint density at radius 3 is 2.42 bits per heavy atom. The van der Waals surface area contributed by atoms with E-state index in [2.05, 4.69) is 10.5 Å². The third-order valence-corrected chi connectivity index (χ3v) is 3.17. The molecule has 4 nitrogen and oxygen atoms in total. The van der Waals surface area contributed by atoms with Crippen molar-refractivity contribution in [3.8, 4) is 11.1 Å². The number of oxime groups is 1. The minimum absolute atomic E-state index is 0.127. The number of amides is 1. The first-order valence-electron chi connectivity index (χ1n) is 5.94. The van der Waals surface area contributed by atoms with Crippen molar-refractivity contribution in [2.24, 2.45) is 5.16 Å². The van der Waals surface area contributed by atoms with Gasteiger partial charge in [-0.1, -0.05) is 35.5 Å². The van der Waals surface area contributed by atoms with E-state index in [0.29, 0.717) is 11.4 Å². The number of carbonyl (C=O) groups is 1. The van der Waals surface area contributed by atoms with Gasteiger partial charge in [-0.2, -0.15) is 0 Å². The summed E-state index contributed by atoms with van der Waals surface area (Å²) in [5.74, 6) is -0.127. The summed E-state index contributed by atoms with van der Waals surface area (Å²) in [5.41, 5.74) is 5.02. The van der Waals surface area contributed by atoms with Gasteiger partial charge in [-0.15, -0.1) is 0 Å². The summed E-state index contributed by atoms with van der Waals surface area (Å²) in [7, 11) is 0. The Hall–Kier alpha value is -2.62. The average molecular weight is 252 g/mol. The summed E-state index contributed by atoms with van der Waals surface area (Å²) in [5, 5.41) is 15.4. The molecule has 4 heteroatoms. The van der Waals surface area contributed by atoms with E-state index in [1.165, 1.54) is 6.92 Å². The summed E-state index contributed by atoms with van der Waals surface area (Å²) in [6.07, 6.45) is 0. The molecular formula is C15H12N2O2. The molecule has 0 spiro atoms. The second-order valence-electron chi connectivity index (χ2n) is 4.44. The zero-order valence-electron chi connectivity index (χ0n) is 10.3. The molecule has 2 aromatic rings. The van der Waals surface area contributed by atoms with E-state index >= 15 is 0 Å². The first-order valence-corrected chi connectivity index (χ1v) is 5.94. The van der Waals surface area contributed by atoms with Gasteiger partial charge in [-0.05, 0) is 23.3 Å². The Morgan fingerprint density at radius 1 is 1.05 bits per heavy atom. The lowest BCUT2D eigenvalue weighted by molar-refractivity contribution is -0.114. The summed E-state index contributed by atoms with van der Waals surface area (Å²) in [6, 6.07) is 13.4. The maximum atomic E-state index is 11.1. The molecule has 0 unspecified atom stereocenters. The largest absolute Gasteiger partial charge is 0.410 e. The molecule has 94 valence electrons. The highest BCUT2D eigenvalue weighted by atomic mass is 16.4. The molecule has 0 heterocycles. The van der Waals surface area contributed by atoms with Crippen LogP contribution in [0, 0.1) is 0 Å². The highest BCUT2D eigenvalue weighted by Crippen LogP contribution is 2.37. The van der Waals surface area contributed by atoms with Crippen molar-refractivity contribution in [3.05, 3.63) is 53.6 Å². The van der Waals surface area contributed by atoms with Crippen molar-refractivity contribution in [1.29, 1.82) is 0 Å². The predicted molar refractivity (Wildman–Crippen MR) is 73.6 cm³/mol. The minimum atomic E-state index is -0.127. The SMILES string of the molecule is CC(=O)Nc1ccc2c(c1)/C(=N\O)c1ccccc1-2. The molecule has 0 fully saturated rings. The number of rotatable bonds is 1. The van der Waals surface area contributed by atoms with Crippen molar-refractivity contribution in [1.82, 2.24) is 0 Å². The van der Waals surface area contributed by atoms with E-state index < -0.39 is 0 Å². The van der Waals surface area contributed by atoms with E-state index in [1.807, 2.05) is 42.5 Å². The Morgan fingerprint density at radius 2 is 1.74 bits per heavy atom. The van der Waals surface area contributed by atoms with Crippen LogP contribution in [0.4, 0.5) is 5.69 Å². The van der Waals surface area contributed by atoms with Crippen LogP contribution in [-0.4, -0.2) is 16.8 Å². The predicted octanol–water partition coefficient (Wildman–Crippen LogP) is 2.85. The second-order valence-corrected chi connectivity index (χ2v) is 4.44. The maximum Gasteiger partial charge on any atom is 0.221 e. The van der Waals surface area contributed by atoms with Crippen LogP contribution < -0.4 is 5.32 Å². The monoisotopic (exact) mass is 252 g/mol. The van der Waals surface area contributed by atoms with Gasteiger partial charge in [0.15, 0.2) is 0 Å². The molecule has 0 aliphatic heterocycles. The zero-order valence-corrected chi connectivity index (χ0v) is 10.3. The molecule has 0 bridgehead atoms. The molecule has 0 radical (unpaired) electrons. The van der Waals surface area contributed by atoms with Crippen LogP contribution in [0.15, 0.2) is 47.6 Å². The smallest absolute Gasteiger partial charge is 0.221 e. The van der Waals surface area contributed by atoms with E-state index in [9.17, 15) is 10.0 Å². The topological polar surface area (TPSA) is 61.7 Å². The molecule has 2 N–H and O–H groups in total. The Balaban J connectivity index is 2.18. The molecule has 0 atom stereocenters. The highest BCUT2D eigenvalue weighted by Gasteiger charge is 2.25. The number of hydrogen-bond acceptors (Lipinski definition) is 3. The first-order chi connectivity index (χ1) is 9.20. The number of fused-ring (bicyclic) bond motifs is 3. The van der Waals surface area contributed by atoms with E-state index in [-0.39, 0.29) is 5.91 Å². The molecule has 2 aromatic carbocycles. The van der Waals surface area contributed by atoms with Gasteiger partial charge in [0.1, 0.15) is 5.71 Å². The van der Waals surface area contributed by atoms with Gasteiger partial charge in [0.25, 0.3) is 0 Å². The summed E-state index contributed by atoms with van der Waals surface area (Å²) >= 11 is 0. The van der Waals surface area contributed by atoms with E-state index in [0.717, 1.165) is 22.3 Å². The normalized spacial score (nSPS) is 14.1. The quantitative estimate of drug-likeness (QED) is 0.516. The van der Waals surface area contributed by atoms with Gasteiger partial charge in [0.05, 0.1) is 0 Å². The Labute approximate surface area is 110 Å². The maximum absolute atomic E-state index is 11.1. The first kappa shape index (κ1) is 11.5. The summed E-state index contributed by atoms with van der Waals surface area (Å²) < 4.78 is 0. The third kappa shape index (κ3) is 1.78. The summed E-state index contributed by atoms with van der Waals surface area (Å²) in [4.78, 5) is 11.1. The molecule has 0 aromatic heterocycles. The number of benzene rings is 2. The van der Waals surface area contributed by atoms with Crippen LogP contribution in [0.5, 0.6) is 0 Å². The fourth-order valence-corrected chi connectivity index (χ4v) is 2.43. The van der Waals surface area contributed by atoms with Gasteiger partial charge in [-0.3, -0.25) is 4.79 Å². The second kappa shape index (κ2) is 4.24. The van der Waals surface area contributed by atoms with Crippen LogP contribution in [-0.2, 0) is 4.79 Å². The molecule has 1 amide bonds. The number of anilines is 1. The van der Waals surface area contributed by atoms with Crippen molar-refractivity contribution < 1.29 is 10.0 Å². The van der Waals surface area contributed by atoms with Gasteiger partial charge in [0.2, 0.25) is 5.91 Å². The fourth-order valence-electron chi connectivity index (χ4n) is 2.43. The zero-order chi connectivity index (χ0) is 13.4. The van der Waals surface area contributed by atoms with Crippen LogP contribution in [0.25, 0.3) is 11.1 Å². The lowest BCUT2D eigenvalue weighted by atomic mass is 10.1. The molecule has 19 heavy (non-hydrogen) atoms. The van der Waals surface area contributed by atoms with E-state index in [1.54, 1.807) is 0 Å². The molecule has 1 aliphatic rings. The Bertz CT molecular complexity index is 705. The lowest BCUT2D eigenvalue weighted by Crippen LogP contribution is -2.06. The van der Waals surface area contributed by atoms with Gasteiger partial charge < -0.3 is 10.5 Å². The number of carbonyl (C=O) groups excluding carboxylic acids is 1. The van der Waals surface area contributed by atoms with Crippen LogP contribution >= 0.6 is 0 Å². The van der Waals surface area contributed by atoms with Crippen LogP contribution in [0.2, 0.25) is 0 Å². The fraction of sp³-hybridized carbons (Fsp3) is 0.0667. The molecule has 3 rings (SSSR count). The molecular weight excluding hydrogens is 240 g/mol. The Kier molecular flexibility index (Phi) is 2.56. The van der Waals surface area contributed by atoms with Crippen molar-refractivity contribution in [3.63, 3.8) is 0 Å². The minimum Gasteiger partial charge on any atom is -0.410 e. The van der Waals surface area contributed by atoms with Crippen molar-refractivity contribution in [2.75, 3.05) is 5.32 Å². The van der Waals surface area contributed by atoms with Crippen LogP contribution in [0.1, 0.15) is 18.1 Å². The average Bonchev–Trinajstić information content (AvgIpc) is 2.71. The highest BCUT2D eigenvalue weighted by molar-refractivity contribution is 6.24. The van der Waals surface area contributed by atoms with Crippen molar-refractivity contribution in [2.45, 2.75) is 6.92 Å². The van der Waals surface area contributed by atoms with E-state index in [4.69, 9.17) is 0 Å². The standard InChI is InChI=1S/C15H12N2O2/c1-9(18)16-10-6-7-12-11-4-2-3-5-13(11)15(17-19)14(12)8-10/h2-8,19H,1H3,(H,16,18)/b17-15-. The molecule has 0 saturated heterocycles. The summed E-state index contributed by atoms with van der Waals surface area (Å²) in [6.45, 7) is 1.46. The van der Waals surface area contributed by atoms with Gasteiger partial charge in [-0.25, -0.2) is 0 Å². The van der Waals surface area contributed by atoms with Crippen molar-refractivity contribution >= 4 is 17.3 Å². The lowest BCUT2D eigenvalue weighted by Gasteiger charge is -2.05. The van der Waals surface area contributed by atoms with Crippen LogP contribution in [0.3, 0.4) is 0 Å². The number of nitrogens with zero attached hydrogens (tertiary/aromatic N) is 1. The van der Waals surface area contributed by atoms with Gasteiger partial charge in [0, 0.05) is 23.7 Å². The molecule has 1 aliphatic carbocycles.